The molecule has 0 aromatic carbocycles. The predicted molar refractivity (Wildman–Crippen MR) is 103 cm³/mol. The maximum atomic E-state index is 4.67. The SMILES string of the molecule is CCNC(=NCc1nnc(C)n1C)NC1CCN(c2ccccn2)CC1. The summed E-state index contributed by atoms with van der Waals surface area (Å²) in [5.41, 5.74) is 0. The summed E-state index contributed by atoms with van der Waals surface area (Å²) in [6.45, 7) is 7.36. The molecule has 2 aromatic heterocycles. The molecule has 8 heteroatoms. The summed E-state index contributed by atoms with van der Waals surface area (Å²) in [5.74, 6) is 3.66. The van der Waals surface area contributed by atoms with E-state index in [0.29, 0.717) is 12.6 Å². The van der Waals surface area contributed by atoms with Crippen LogP contribution >= 0.6 is 0 Å². The van der Waals surface area contributed by atoms with Gasteiger partial charge < -0.3 is 20.1 Å². The Bertz CT molecular complexity index is 716. The molecule has 26 heavy (non-hydrogen) atoms. The Morgan fingerprint density at radius 1 is 1.27 bits per heavy atom. The van der Waals surface area contributed by atoms with Gasteiger partial charge in [0.1, 0.15) is 18.2 Å². The second kappa shape index (κ2) is 8.64. The summed E-state index contributed by atoms with van der Waals surface area (Å²) in [6, 6.07) is 6.48. The van der Waals surface area contributed by atoms with E-state index in [2.05, 4.69) is 48.7 Å². The molecule has 2 aromatic rings. The third-order valence-electron chi connectivity index (χ3n) is 4.71. The van der Waals surface area contributed by atoms with Crippen LogP contribution in [-0.2, 0) is 13.6 Å². The second-order valence-corrected chi connectivity index (χ2v) is 6.51. The molecule has 8 nitrogen and oxygen atoms in total. The highest BCUT2D eigenvalue weighted by atomic mass is 15.3. The van der Waals surface area contributed by atoms with Crippen LogP contribution in [-0.4, -0.2) is 51.4 Å². The fourth-order valence-electron chi connectivity index (χ4n) is 3.05. The van der Waals surface area contributed by atoms with Crippen molar-refractivity contribution in [3.05, 3.63) is 36.0 Å². The zero-order valence-corrected chi connectivity index (χ0v) is 15.8. The fraction of sp³-hybridized carbons (Fsp3) is 0.556. The van der Waals surface area contributed by atoms with Crippen molar-refractivity contribution in [2.75, 3.05) is 24.5 Å². The monoisotopic (exact) mass is 356 g/mol. The van der Waals surface area contributed by atoms with Gasteiger partial charge in [0.25, 0.3) is 0 Å². The van der Waals surface area contributed by atoms with E-state index in [1.54, 1.807) is 0 Å². The van der Waals surface area contributed by atoms with E-state index in [0.717, 1.165) is 55.9 Å². The normalized spacial score (nSPS) is 16.0. The molecule has 2 N–H and O–H groups in total. The van der Waals surface area contributed by atoms with Crippen LogP contribution in [0.1, 0.15) is 31.4 Å². The number of hydrogen-bond acceptors (Lipinski definition) is 5. The lowest BCUT2D eigenvalue weighted by Gasteiger charge is -2.33. The summed E-state index contributed by atoms with van der Waals surface area (Å²) < 4.78 is 1.97. The Labute approximate surface area is 154 Å². The number of hydrogen-bond donors (Lipinski definition) is 2. The number of nitrogens with zero attached hydrogens (tertiary/aromatic N) is 6. The smallest absolute Gasteiger partial charge is 0.191 e. The van der Waals surface area contributed by atoms with Crippen LogP contribution in [0.15, 0.2) is 29.4 Å². The van der Waals surface area contributed by atoms with Gasteiger partial charge in [0, 0.05) is 38.9 Å². The molecular formula is C18H28N8. The van der Waals surface area contributed by atoms with E-state index in [1.165, 1.54) is 0 Å². The Balaban J connectivity index is 1.55. The quantitative estimate of drug-likeness (QED) is 0.620. The molecule has 1 saturated heterocycles. The molecule has 0 bridgehead atoms. The number of anilines is 1. The number of aryl methyl sites for hydroxylation is 1. The van der Waals surface area contributed by atoms with Gasteiger partial charge >= 0.3 is 0 Å². The molecule has 0 aliphatic carbocycles. The standard InChI is InChI=1S/C18H28N8/c1-4-19-18(21-13-17-24-23-14(2)25(17)3)22-15-8-11-26(12-9-15)16-7-5-6-10-20-16/h5-7,10,15H,4,8-9,11-13H2,1-3H3,(H2,19,21,22). The van der Waals surface area contributed by atoms with Crippen LogP contribution in [0, 0.1) is 6.92 Å². The lowest BCUT2D eigenvalue weighted by atomic mass is 10.1. The third-order valence-corrected chi connectivity index (χ3v) is 4.71. The molecular weight excluding hydrogens is 328 g/mol. The number of aromatic nitrogens is 4. The van der Waals surface area contributed by atoms with Gasteiger partial charge in [-0.1, -0.05) is 6.07 Å². The molecule has 3 rings (SSSR count). The van der Waals surface area contributed by atoms with E-state index >= 15 is 0 Å². The van der Waals surface area contributed by atoms with Crippen molar-refractivity contribution < 1.29 is 0 Å². The average Bonchev–Trinajstić information content (AvgIpc) is 2.99. The summed E-state index contributed by atoms with van der Waals surface area (Å²) in [5, 5.41) is 15.1. The lowest BCUT2D eigenvalue weighted by molar-refractivity contribution is 0.459. The van der Waals surface area contributed by atoms with Crippen molar-refractivity contribution in [2.45, 2.75) is 39.3 Å². The third kappa shape index (κ3) is 4.50. The van der Waals surface area contributed by atoms with Crippen LogP contribution in [0.5, 0.6) is 0 Å². The fourth-order valence-corrected chi connectivity index (χ4v) is 3.05. The number of piperidine rings is 1. The van der Waals surface area contributed by atoms with Gasteiger partial charge in [-0.15, -0.1) is 10.2 Å². The molecule has 0 amide bonds. The van der Waals surface area contributed by atoms with Gasteiger partial charge in [0.15, 0.2) is 11.8 Å². The molecule has 0 saturated carbocycles. The zero-order valence-electron chi connectivity index (χ0n) is 15.8. The zero-order chi connectivity index (χ0) is 18.4. The number of nitrogens with one attached hydrogen (secondary N) is 2. The average molecular weight is 356 g/mol. The molecule has 0 radical (unpaired) electrons. The van der Waals surface area contributed by atoms with Gasteiger partial charge in [0.05, 0.1) is 0 Å². The summed E-state index contributed by atoms with van der Waals surface area (Å²) >= 11 is 0. The number of aliphatic imine (C=N–C) groups is 1. The number of guanidine groups is 1. The van der Waals surface area contributed by atoms with Gasteiger partial charge in [0.2, 0.25) is 0 Å². The first-order valence-electron chi connectivity index (χ1n) is 9.23. The molecule has 1 aliphatic heterocycles. The van der Waals surface area contributed by atoms with E-state index in [-0.39, 0.29) is 0 Å². The van der Waals surface area contributed by atoms with Crippen LogP contribution in [0.3, 0.4) is 0 Å². The first-order valence-corrected chi connectivity index (χ1v) is 9.23. The first kappa shape index (κ1) is 18.2. The molecule has 0 unspecified atom stereocenters. The minimum absolute atomic E-state index is 0.411. The predicted octanol–water partition coefficient (Wildman–Crippen LogP) is 1.24. The van der Waals surface area contributed by atoms with Crippen LogP contribution in [0.2, 0.25) is 0 Å². The Morgan fingerprint density at radius 2 is 2.08 bits per heavy atom. The highest BCUT2D eigenvalue weighted by Gasteiger charge is 2.20. The molecule has 0 atom stereocenters. The van der Waals surface area contributed by atoms with Gasteiger partial charge in [-0.2, -0.15) is 0 Å². The first-order chi connectivity index (χ1) is 12.7. The molecule has 0 spiro atoms. The molecule has 3 heterocycles. The van der Waals surface area contributed by atoms with Crippen molar-refractivity contribution in [3.8, 4) is 0 Å². The largest absolute Gasteiger partial charge is 0.357 e. The maximum absolute atomic E-state index is 4.67. The lowest BCUT2D eigenvalue weighted by Crippen LogP contribution is -2.48. The van der Waals surface area contributed by atoms with Crippen molar-refractivity contribution in [2.24, 2.45) is 12.0 Å². The van der Waals surface area contributed by atoms with Crippen LogP contribution in [0.4, 0.5) is 5.82 Å². The minimum atomic E-state index is 0.411. The summed E-state index contributed by atoms with van der Waals surface area (Å²) in [7, 11) is 1.97. The van der Waals surface area contributed by atoms with Crippen molar-refractivity contribution in [1.29, 1.82) is 0 Å². The summed E-state index contributed by atoms with van der Waals surface area (Å²) in [6.07, 6.45) is 3.97. The Hall–Kier alpha value is -2.64. The number of pyridine rings is 1. The van der Waals surface area contributed by atoms with Crippen molar-refractivity contribution in [1.82, 2.24) is 30.4 Å². The Morgan fingerprint density at radius 3 is 2.69 bits per heavy atom. The Kier molecular flexibility index (Phi) is 6.04. The van der Waals surface area contributed by atoms with Gasteiger partial charge in [-0.05, 0) is 38.8 Å². The van der Waals surface area contributed by atoms with E-state index in [4.69, 9.17) is 0 Å². The van der Waals surface area contributed by atoms with Crippen LogP contribution in [0.25, 0.3) is 0 Å². The highest BCUT2D eigenvalue weighted by Crippen LogP contribution is 2.17. The molecule has 1 aliphatic rings. The summed E-state index contributed by atoms with van der Waals surface area (Å²) in [4.78, 5) is 11.5. The van der Waals surface area contributed by atoms with Gasteiger partial charge in [-0.25, -0.2) is 9.98 Å². The topological polar surface area (TPSA) is 83.3 Å². The molecule has 140 valence electrons. The maximum Gasteiger partial charge on any atom is 0.191 e. The highest BCUT2D eigenvalue weighted by molar-refractivity contribution is 5.80. The van der Waals surface area contributed by atoms with Gasteiger partial charge in [-0.3, -0.25) is 0 Å². The van der Waals surface area contributed by atoms with Crippen molar-refractivity contribution in [3.63, 3.8) is 0 Å². The van der Waals surface area contributed by atoms with E-state index in [1.807, 2.05) is 36.9 Å². The van der Waals surface area contributed by atoms with Crippen LogP contribution < -0.4 is 15.5 Å². The number of rotatable bonds is 5. The van der Waals surface area contributed by atoms with E-state index < -0.39 is 0 Å². The molecule has 1 fully saturated rings. The van der Waals surface area contributed by atoms with Crippen molar-refractivity contribution >= 4 is 11.8 Å². The second-order valence-electron chi connectivity index (χ2n) is 6.51. The van der Waals surface area contributed by atoms with E-state index in [9.17, 15) is 0 Å². The minimum Gasteiger partial charge on any atom is -0.357 e.